The fourth-order valence-electron chi connectivity index (χ4n) is 3.83. The molecule has 2 aliphatic rings. The second-order valence-corrected chi connectivity index (χ2v) is 7.16. The maximum absolute atomic E-state index is 13.6. The molecule has 2 aromatic rings. The van der Waals surface area contributed by atoms with Crippen molar-refractivity contribution in [2.75, 3.05) is 45.2 Å². The second kappa shape index (κ2) is 7.63. The molecule has 4 rings (SSSR count). The van der Waals surface area contributed by atoms with Crippen LogP contribution in [-0.2, 0) is 4.79 Å². The van der Waals surface area contributed by atoms with Gasteiger partial charge in [-0.25, -0.2) is 4.68 Å². The van der Waals surface area contributed by atoms with Crippen LogP contribution in [0.1, 0.15) is 25.5 Å². The maximum atomic E-state index is 13.6. The van der Waals surface area contributed by atoms with Crippen molar-refractivity contribution in [2.24, 2.45) is 0 Å². The summed E-state index contributed by atoms with van der Waals surface area (Å²) in [6.07, 6.45) is 1.51. The van der Waals surface area contributed by atoms with Crippen LogP contribution in [0.3, 0.4) is 0 Å². The van der Waals surface area contributed by atoms with E-state index in [0.717, 1.165) is 43.2 Å². The summed E-state index contributed by atoms with van der Waals surface area (Å²) >= 11 is 0. The van der Waals surface area contributed by atoms with Gasteiger partial charge >= 0.3 is 0 Å². The zero-order valence-corrected chi connectivity index (χ0v) is 16.6. The van der Waals surface area contributed by atoms with Gasteiger partial charge in [0.2, 0.25) is 5.95 Å². The van der Waals surface area contributed by atoms with Crippen LogP contribution in [0.15, 0.2) is 41.9 Å². The Morgan fingerprint density at radius 3 is 2.75 bits per heavy atom. The molecule has 28 heavy (non-hydrogen) atoms. The van der Waals surface area contributed by atoms with Gasteiger partial charge in [0, 0.05) is 37.4 Å². The number of carbonyl (C=O) groups excluding carboxylic acids is 1. The van der Waals surface area contributed by atoms with E-state index >= 15 is 0 Å². The minimum atomic E-state index is -0.381. The van der Waals surface area contributed by atoms with Crippen LogP contribution in [0.2, 0.25) is 0 Å². The van der Waals surface area contributed by atoms with Gasteiger partial charge in [-0.15, -0.1) is 0 Å². The monoisotopic (exact) mass is 382 g/mol. The summed E-state index contributed by atoms with van der Waals surface area (Å²) < 4.78 is 7.64. The van der Waals surface area contributed by atoms with Crippen LogP contribution < -0.4 is 10.1 Å². The van der Waals surface area contributed by atoms with Crippen molar-refractivity contribution in [1.82, 2.24) is 24.6 Å². The van der Waals surface area contributed by atoms with E-state index in [0.29, 0.717) is 18.1 Å². The molecule has 3 heterocycles. The predicted molar refractivity (Wildman–Crippen MR) is 106 cm³/mol. The van der Waals surface area contributed by atoms with Gasteiger partial charge in [0.25, 0.3) is 5.91 Å². The Labute approximate surface area is 164 Å². The molecule has 1 fully saturated rings. The Hall–Kier alpha value is -2.87. The van der Waals surface area contributed by atoms with E-state index in [2.05, 4.69) is 27.3 Å². The minimum absolute atomic E-state index is 0.0375. The van der Waals surface area contributed by atoms with Crippen molar-refractivity contribution < 1.29 is 9.53 Å². The molecule has 8 heteroatoms. The van der Waals surface area contributed by atoms with Crippen molar-refractivity contribution in [2.45, 2.75) is 19.9 Å². The highest BCUT2D eigenvalue weighted by Gasteiger charge is 2.37. The number of para-hydroxylation sites is 1. The molecule has 1 amide bonds. The molecule has 0 unspecified atom stereocenters. The number of hydrogen-bond donors (Lipinski definition) is 1. The fourth-order valence-corrected chi connectivity index (χ4v) is 3.83. The normalized spacial score (nSPS) is 20.0. The molecule has 8 nitrogen and oxygen atoms in total. The lowest BCUT2D eigenvalue weighted by Crippen LogP contribution is -2.49. The average molecular weight is 382 g/mol. The Morgan fingerprint density at radius 1 is 1.25 bits per heavy atom. The molecule has 0 aliphatic carbocycles. The average Bonchev–Trinajstić information content (AvgIpc) is 3.16. The van der Waals surface area contributed by atoms with Gasteiger partial charge in [0.05, 0.1) is 12.2 Å². The quantitative estimate of drug-likeness (QED) is 0.868. The summed E-state index contributed by atoms with van der Waals surface area (Å²) in [5.74, 6) is 1.43. The van der Waals surface area contributed by atoms with Crippen molar-refractivity contribution in [1.29, 1.82) is 0 Å². The number of likely N-dealkylation sites (N-methyl/N-ethyl adjacent to an activating group) is 1. The van der Waals surface area contributed by atoms with Crippen molar-refractivity contribution in [3.63, 3.8) is 0 Å². The van der Waals surface area contributed by atoms with E-state index in [1.54, 1.807) is 4.68 Å². The lowest BCUT2D eigenvalue weighted by molar-refractivity contribution is -0.129. The third kappa shape index (κ3) is 3.24. The summed E-state index contributed by atoms with van der Waals surface area (Å²) in [4.78, 5) is 22.0. The largest absolute Gasteiger partial charge is 0.494 e. The van der Waals surface area contributed by atoms with Gasteiger partial charge in [0.1, 0.15) is 18.1 Å². The first-order valence-electron chi connectivity index (χ1n) is 9.67. The van der Waals surface area contributed by atoms with Crippen LogP contribution in [-0.4, -0.2) is 70.3 Å². The molecule has 0 radical (unpaired) electrons. The van der Waals surface area contributed by atoms with Crippen LogP contribution in [0, 0.1) is 0 Å². The smallest absolute Gasteiger partial charge is 0.254 e. The van der Waals surface area contributed by atoms with Gasteiger partial charge in [0.15, 0.2) is 0 Å². The lowest BCUT2D eigenvalue weighted by Gasteiger charge is -2.36. The van der Waals surface area contributed by atoms with E-state index in [-0.39, 0.29) is 11.9 Å². The first-order chi connectivity index (χ1) is 13.6. The number of anilines is 1. The number of allylic oxidation sites excluding steroid dienone is 1. The van der Waals surface area contributed by atoms with Crippen LogP contribution in [0.25, 0.3) is 0 Å². The maximum Gasteiger partial charge on any atom is 0.254 e. The number of carbonyl (C=O) groups is 1. The molecule has 1 N–H and O–H groups in total. The molecule has 1 aromatic carbocycles. The summed E-state index contributed by atoms with van der Waals surface area (Å²) in [5.41, 5.74) is 2.41. The molecular formula is C20H26N6O2. The van der Waals surface area contributed by atoms with E-state index < -0.39 is 0 Å². The van der Waals surface area contributed by atoms with E-state index in [1.807, 2.05) is 43.0 Å². The van der Waals surface area contributed by atoms with Crippen LogP contribution in [0.5, 0.6) is 5.75 Å². The van der Waals surface area contributed by atoms with E-state index in [1.165, 1.54) is 6.33 Å². The predicted octanol–water partition coefficient (Wildman–Crippen LogP) is 1.74. The number of benzene rings is 1. The zero-order chi connectivity index (χ0) is 19.7. The molecule has 2 aliphatic heterocycles. The van der Waals surface area contributed by atoms with E-state index in [4.69, 9.17) is 4.74 Å². The molecule has 0 spiro atoms. The Balaban J connectivity index is 1.78. The van der Waals surface area contributed by atoms with E-state index in [9.17, 15) is 4.79 Å². The van der Waals surface area contributed by atoms with Crippen molar-refractivity contribution >= 4 is 11.9 Å². The summed E-state index contributed by atoms with van der Waals surface area (Å²) in [5, 5.41) is 7.65. The number of nitrogens with zero attached hydrogens (tertiary/aromatic N) is 5. The highest BCUT2D eigenvalue weighted by Crippen LogP contribution is 2.39. The molecule has 1 saturated heterocycles. The molecule has 148 valence electrons. The molecule has 0 bridgehead atoms. The van der Waals surface area contributed by atoms with Gasteiger partial charge in [-0.3, -0.25) is 4.79 Å². The highest BCUT2D eigenvalue weighted by molar-refractivity contribution is 5.97. The van der Waals surface area contributed by atoms with Crippen LogP contribution in [0.4, 0.5) is 5.95 Å². The number of hydrogen-bond acceptors (Lipinski definition) is 6. The third-order valence-electron chi connectivity index (χ3n) is 5.33. The van der Waals surface area contributed by atoms with Gasteiger partial charge < -0.3 is 19.9 Å². The first kappa shape index (κ1) is 18.5. The Kier molecular flexibility index (Phi) is 5.04. The fraction of sp³-hybridized carbons (Fsp3) is 0.450. The van der Waals surface area contributed by atoms with Gasteiger partial charge in [-0.1, -0.05) is 18.2 Å². The number of fused-ring (bicyclic) bond motifs is 1. The zero-order valence-electron chi connectivity index (χ0n) is 16.6. The number of ether oxygens (including phenoxy) is 1. The SMILES string of the molecule is CCOc1ccccc1[C@H]1C(C(=O)N2CCN(C)CC2)=C(C)Nc2ncnn21. The number of amides is 1. The molecule has 0 saturated carbocycles. The number of rotatable bonds is 4. The number of aromatic nitrogens is 3. The first-order valence-corrected chi connectivity index (χ1v) is 9.67. The molecule has 1 atom stereocenters. The lowest BCUT2D eigenvalue weighted by atomic mass is 9.93. The van der Waals surface area contributed by atoms with Gasteiger partial charge in [-0.2, -0.15) is 10.1 Å². The third-order valence-corrected chi connectivity index (χ3v) is 5.33. The minimum Gasteiger partial charge on any atom is -0.494 e. The summed E-state index contributed by atoms with van der Waals surface area (Å²) in [6.45, 7) is 7.62. The second-order valence-electron chi connectivity index (χ2n) is 7.16. The van der Waals surface area contributed by atoms with Crippen molar-refractivity contribution in [3.05, 3.63) is 47.4 Å². The van der Waals surface area contributed by atoms with Gasteiger partial charge in [-0.05, 0) is 27.0 Å². The highest BCUT2D eigenvalue weighted by atomic mass is 16.5. The Bertz CT molecular complexity index is 898. The number of nitrogens with one attached hydrogen (secondary N) is 1. The molecule has 1 aromatic heterocycles. The topological polar surface area (TPSA) is 75.5 Å². The Morgan fingerprint density at radius 2 is 2.00 bits per heavy atom. The molecular weight excluding hydrogens is 356 g/mol. The van der Waals surface area contributed by atoms with Crippen LogP contribution >= 0.6 is 0 Å². The van der Waals surface area contributed by atoms with Crippen molar-refractivity contribution in [3.8, 4) is 5.75 Å². The summed E-state index contributed by atoms with van der Waals surface area (Å²) in [7, 11) is 2.08. The summed E-state index contributed by atoms with van der Waals surface area (Å²) in [6, 6.07) is 7.45. The standard InChI is InChI=1S/C20H26N6O2/c1-4-28-16-8-6-5-7-15(16)18-17(14(2)23-20-21-13-22-26(18)20)19(27)25-11-9-24(3)10-12-25/h5-8,13,18H,4,9-12H2,1-3H3,(H,21,22,23)/t18-/m0/s1. The number of piperazine rings is 1.